The van der Waals surface area contributed by atoms with Crippen molar-refractivity contribution in [3.63, 3.8) is 0 Å². The van der Waals surface area contributed by atoms with Gasteiger partial charge >= 0.3 is 180 Å². The number of para-hydroxylation sites is 1. The summed E-state index contributed by atoms with van der Waals surface area (Å²) in [6.45, 7) is 4.43. The number of hydrogen-bond acceptors (Lipinski definition) is 2. The predicted octanol–water partition coefficient (Wildman–Crippen LogP) is 7.47. The van der Waals surface area contributed by atoms with Crippen molar-refractivity contribution < 1.29 is 4.42 Å². The van der Waals surface area contributed by atoms with E-state index in [1.807, 2.05) is 6.20 Å². The van der Waals surface area contributed by atoms with Gasteiger partial charge in [0, 0.05) is 0 Å². The third-order valence-corrected chi connectivity index (χ3v) is 10.2. The molecular weight excluding hydrogens is 427 g/mol. The van der Waals surface area contributed by atoms with Gasteiger partial charge in [-0.15, -0.1) is 0 Å². The number of fused-ring (bicyclic) bond motifs is 5. The Bertz CT molecular complexity index is 1410. The van der Waals surface area contributed by atoms with Crippen molar-refractivity contribution >= 4 is 50.4 Å². The fourth-order valence-electron chi connectivity index (χ4n) is 4.38. The summed E-state index contributed by atoms with van der Waals surface area (Å²) in [5, 5.41) is 4.97. The Hall–Kier alpha value is -2.59. The Morgan fingerprint density at radius 2 is 1.60 bits per heavy atom. The van der Waals surface area contributed by atoms with E-state index < -0.39 is 13.3 Å². The summed E-state index contributed by atoms with van der Waals surface area (Å²) < 4.78 is 8.18. The van der Waals surface area contributed by atoms with Crippen LogP contribution in [0, 0.1) is 0 Å². The second-order valence-electron chi connectivity index (χ2n) is 9.51. The molecule has 150 valence electrons. The molecule has 0 amide bonds. The number of pyridine rings is 1. The first-order valence-corrected chi connectivity index (χ1v) is 18.0. The van der Waals surface area contributed by atoms with E-state index in [9.17, 15) is 0 Å². The van der Waals surface area contributed by atoms with E-state index in [0.29, 0.717) is 5.92 Å². The minimum atomic E-state index is -2.15. The van der Waals surface area contributed by atoms with Crippen LogP contribution in [0.2, 0.25) is 17.3 Å². The summed E-state index contributed by atoms with van der Waals surface area (Å²) in [6.07, 6.45) is 1.91. The summed E-state index contributed by atoms with van der Waals surface area (Å²) in [4.78, 5) is 4.70. The van der Waals surface area contributed by atoms with Crippen LogP contribution in [-0.4, -0.2) is 18.3 Å². The molecule has 0 radical (unpaired) electrons. The topological polar surface area (TPSA) is 26.0 Å². The number of hydrogen-bond donors (Lipinski definition) is 0. The van der Waals surface area contributed by atoms with Crippen molar-refractivity contribution in [1.29, 1.82) is 0 Å². The average Bonchev–Trinajstić information content (AvgIpc) is 3.12. The van der Waals surface area contributed by atoms with Gasteiger partial charge in [-0.05, 0) is 0 Å². The molecule has 0 saturated heterocycles. The molecule has 0 aliphatic carbocycles. The van der Waals surface area contributed by atoms with Crippen LogP contribution in [-0.2, 0) is 0 Å². The zero-order valence-electron chi connectivity index (χ0n) is 18.3. The molecule has 0 aliphatic rings. The van der Waals surface area contributed by atoms with Gasteiger partial charge in [0.2, 0.25) is 0 Å². The number of aromatic nitrogens is 1. The van der Waals surface area contributed by atoms with Crippen LogP contribution < -0.4 is 4.40 Å². The first kappa shape index (κ1) is 19.4. The van der Waals surface area contributed by atoms with Gasteiger partial charge in [-0.1, -0.05) is 0 Å². The van der Waals surface area contributed by atoms with Crippen LogP contribution >= 0.6 is 0 Å². The molecule has 30 heavy (non-hydrogen) atoms. The zero-order valence-corrected chi connectivity index (χ0v) is 20.4. The van der Waals surface area contributed by atoms with E-state index in [0.717, 1.165) is 22.4 Å². The van der Waals surface area contributed by atoms with Crippen molar-refractivity contribution in [1.82, 2.24) is 4.98 Å². The van der Waals surface area contributed by atoms with E-state index in [1.165, 1.54) is 31.5 Å². The molecule has 2 nitrogen and oxygen atoms in total. The molecule has 0 atom stereocenters. The number of benzene rings is 3. The fraction of sp³-hybridized carbons (Fsp3) is 0.222. The van der Waals surface area contributed by atoms with Crippen molar-refractivity contribution in [2.24, 2.45) is 0 Å². The molecule has 0 bridgehead atoms. The van der Waals surface area contributed by atoms with E-state index in [2.05, 4.69) is 91.8 Å². The molecule has 2 heterocycles. The van der Waals surface area contributed by atoms with Gasteiger partial charge in [0.05, 0.1) is 0 Å². The monoisotopic (exact) mass is 455 g/mol. The van der Waals surface area contributed by atoms with E-state index in [-0.39, 0.29) is 0 Å². The predicted molar refractivity (Wildman–Crippen MR) is 132 cm³/mol. The average molecular weight is 454 g/mol. The summed E-state index contributed by atoms with van der Waals surface area (Å²) in [6, 6.07) is 21.8. The fourth-order valence-corrected chi connectivity index (χ4v) is 7.71. The molecule has 0 fully saturated rings. The van der Waals surface area contributed by atoms with Gasteiger partial charge < -0.3 is 0 Å². The van der Waals surface area contributed by atoms with Gasteiger partial charge in [0.25, 0.3) is 0 Å². The van der Waals surface area contributed by atoms with Crippen LogP contribution in [0.5, 0.6) is 0 Å². The first-order chi connectivity index (χ1) is 14.3. The van der Waals surface area contributed by atoms with Gasteiger partial charge in [0.15, 0.2) is 0 Å². The molecule has 0 N–H and O–H groups in total. The molecule has 0 saturated carbocycles. The van der Waals surface area contributed by atoms with E-state index >= 15 is 0 Å². The van der Waals surface area contributed by atoms with Gasteiger partial charge in [-0.3, -0.25) is 0 Å². The van der Waals surface area contributed by atoms with Crippen molar-refractivity contribution in [3.8, 4) is 11.3 Å². The molecule has 0 spiro atoms. The van der Waals surface area contributed by atoms with Crippen molar-refractivity contribution in [3.05, 3.63) is 72.4 Å². The second-order valence-corrected chi connectivity index (χ2v) is 20.1. The number of nitrogens with zero attached hydrogens (tertiary/aromatic N) is 1. The van der Waals surface area contributed by atoms with Crippen LogP contribution in [0.4, 0.5) is 0 Å². The zero-order chi connectivity index (χ0) is 21.0. The summed E-state index contributed by atoms with van der Waals surface area (Å²) in [5.41, 5.74) is 5.32. The first-order valence-electron chi connectivity index (χ1n) is 10.7. The maximum absolute atomic E-state index is 6.68. The quantitative estimate of drug-likeness (QED) is 0.265. The van der Waals surface area contributed by atoms with Crippen molar-refractivity contribution in [2.75, 3.05) is 0 Å². The van der Waals surface area contributed by atoms with Crippen LogP contribution in [0.3, 0.4) is 0 Å². The Morgan fingerprint density at radius 1 is 0.833 bits per heavy atom. The third-order valence-electron chi connectivity index (χ3n) is 6.02. The summed E-state index contributed by atoms with van der Waals surface area (Å²) in [7, 11) is 0. The summed E-state index contributed by atoms with van der Waals surface area (Å²) in [5.74, 6) is 7.84. The van der Waals surface area contributed by atoms with Crippen LogP contribution in [0.15, 0.2) is 71.3 Å². The summed E-state index contributed by atoms with van der Waals surface area (Å²) >= 11 is -2.15. The number of rotatable bonds is 3. The van der Waals surface area contributed by atoms with Gasteiger partial charge in [0.1, 0.15) is 0 Å². The van der Waals surface area contributed by atoms with Crippen LogP contribution in [0.1, 0.15) is 25.3 Å². The normalized spacial score (nSPS) is 12.5. The Labute approximate surface area is 180 Å². The Kier molecular flexibility index (Phi) is 4.51. The maximum atomic E-state index is 6.68. The third kappa shape index (κ3) is 3.05. The molecule has 3 heteroatoms. The van der Waals surface area contributed by atoms with Gasteiger partial charge in [-0.2, -0.15) is 0 Å². The Morgan fingerprint density at radius 3 is 2.37 bits per heavy atom. The second kappa shape index (κ2) is 6.99. The molecule has 3 aromatic carbocycles. The van der Waals surface area contributed by atoms with E-state index in [1.54, 1.807) is 0 Å². The Balaban J connectivity index is 1.92. The molecule has 5 rings (SSSR count). The molecule has 0 unspecified atom stereocenters. The van der Waals surface area contributed by atoms with Gasteiger partial charge in [-0.25, -0.2) is 0 Å². The number of furan rings is 1. The molecule has 2 aromatic heterocycles. The SMILES string of the molecule is CC(C)c1ccnc(-c2cccc3c2oc2c4ccccc4c[c]([Ge]([CH3])([CH3])[CH3])c32)c1. The molecule has 0 aliphatic heterocycles. The standard InChI is InChI=1S/C27H27GeNO/c1-17(2)18-13-14-29-24(16-18)21-11-8-12-22-25-23(28(3,4)5)15-19-9-6-7-10-20(19)27(25)30-26(21)22/h6-17H,1-5H3. The van der Waals surface area contributed by atoms with E-state index in [4.69, 9.17) is 9.40 Å². The molecular formula is C27H27GeNO. The van der Waals surface area contributed by atoms with Crippen molar-refractivity contribution in [2.45, 2.75) is 37.0 Å². The van der Waals surface area contributed by atoms with Crippen LogP contribution in [0.25, 0.3) is 44.0 Å². The minimum absolute atomic E-state index is 0.464. The molecule has 5 aromatic rings.